The van der Waals surface area contributed by atoms with Crippen LogP contribution < -0.4 is 20.2 Å². The van der Waals surface area contributed by atoms with Gasteiger partial charge in [0.2, 0.25) is 0 Å². The number of benzene rings is 3. The molecule has 0 aliphatic carbocycles. The molecular formula is C25H23N3O3S. The van der Waals surface area contributed by atoms with E-state index in [9.17, 15) is 4.79 Å². The number of nitrogens with zero attached hydrogens (tertiary/aromatic N) is 1. The average molecular weight is 446 g/mol. The van der Waals surface area contributed by atoms with Crippen LogP contribution in [0.3, 0.4) is 0 Å². The lowest BCUT2D eigenvalue weighted by atomic mass is 10.2. The molecule has 3 rings (SSSR count). The fourth-order valence-corrected chi connectivity index (χ4v) is 2.94. The number of esters is 1. The van der Waals surface area contributed by atoms with E-state index in [4.69, 9.17) is 21.7 Å². The summed E-state index contributed by atoms with van der Waals surface area (Å²) in [5.74, 6) is 0.232. The minimum Gasteiger partial charge on any atom is -0.493 e. The molecule has 3 aromatic rings. The van der Waals surface area contributed by atoms with Crippen LogP contribution in [0.25, 0.3) is 6.08 Å². The molecule has 0 atom stereocenters. The number of aryl methyl sites for hydroxylation is 1. The Labute approximate surface area is 192 Å². The van der Waals surface area contributed by atoms with E-state index in [-0.39, 0.29) is 0 Å². The quantitative estimate of drug-likeness (QED) is 0.134. The molecule has 0 amide bonds. The van der Waals surface area contributed by atoms with Crippen molar-refractivity contribution in [3.8, 4) is 11.5 Å². The SMILES string of the molecule is COc1cc(C=NNC(=S)Nc2cccc(C)c2)ccc1OC(=O)C=Cc1ccccc1. The number of anilines is 1. The fraction of sp³-hybridized carbons (Fsp3) is 0.0800. The molecule has 0 fully saturated rings. The van der Waals surface area contributed by atoms with Gasteiger partial charge in [0.25, 0.3) is 0 Å². The normalized spacial score (nSPS) is 10.8. The maximum atomic E-state index is 12.1. The Morgan fingerprint density at radius 2 is 1.78 bits per heavy atom. The van der Waals surface area contributed by atoms with Crippen LogP contribution in [-0.2, 0) is 4.79 Å². The molecule has 0 spiro atoms. The van der Waals surface area contributed by atoms with Gasteiger partial charge >= 0.3 is 5.97 Å². The number of carbonyl (C=O) groups is 1. The Kier molecular flexibility index (Phi) is 8.11. The van der Waals surface area contributed by atoms with E-state index in [0.717, 1.165) is 22.4 Å². The van der Waals surface area contributed by atoms with Crippen molar-refractivity contribution in [3.63, 3.8) is 0 Å². The topological polar surface area (TPSA) is 71.9 Å². The molecule has 3 aromatic carbocycles. The van der Waals surface area contributed by atoms with E-state index < -0.39 is 5.97 Å². The van der Waals surface area contributed by atoms with E-state index >= 15 is 0 Å². The number of methoxy groups -OCH3 is 1. The number of ether oxygens (including phenoxy) is 2. The van der Waals surface area contributed by atoms with Crippen LogP contribution in [0.2, 0.25) is 0 Å². The lowest BCUT2D eigenvalue weighted by Gasteiger charge is -2.09. The lowest BCUT2D eigenvalue weighted by molar-refractivity contribution is -0.129. The minimum absolute atomic E-state index is 0.317. The first-order valence-electron chi connectivity index (χ1n) is 9.83. The Hall–Kier alpha value is -3.97. The van der Waals surface area contributed by atoms with E-state index in [1.54, 1.807) is 30.5 Å². The van der Waals surface area contributed by atoms with Crippen molar-refractivity contribution in [3.05, 3.63) is 95.6 Å². The summed E-state index contributed by atoms with van der Waals surface area (Å²) < 4.78 is 10.7. The van der Waals surface area contributed by atoms with Gasteiger partial charge in [0, 0.05) is 11.8 Å². The molecule has 6 nitrogen and oxygen atoms in total. The molecule has 0 heterocycles. The second kappa shape index (κ2) is 11.4. The summed E-state index contributed by atoms with van der Waals surface area (Å²) in [6.07, 6.45) is 4.65. The van der Waals surface area contributed by atoms with Crippen molar-refractivity contribution in [2.24, 2.45) is 5.10 Å². The van der Waals surface area contributed by atoms with Crippen LogP contribution in [0, 0.1) is 6.92 Å². The number of hydrogen-bond donors (Lipinski definition) is 2. The summed E-state index contributed by atoms with van der Waals surface area (Å²) in [6.45, 7) is 2.01. The monoisotopic (exact) mass is 445 g/mol. The molecule has 7 heteroatoms. The number of hydrazone groups is 1. The smallest absolute Gasteiger partial charge is 0.336 e. The summed E-state index contributed by atoms with van der Waals surface area (Å²) >= 11 is 5.25. The number of thiocarbonyl (C=S) groups is 1. The van der Waals surface area contributed by atoms with E-state index in [1.807, 2.05) is 61.5 Å². The highest BCUT2D eigenvalue weighted by Crippen LogP contribution is 2.27. The van der Waals surface area contributed by atoms with E-state index in [0.29, 0.717) is 16.6 Å². The molecule has 0 aliphatic heterocycles. The van der Waals surface area contributed by atoms with Crippen LogP contribution in [-0.4, -0.2) is 24.4 Å². The maximum absolute atomic E-state index is 12.1. The van der Waals surface area contributed by atoms with Crippen molar-refractivity contribution < 1.29 is 14.3 Å². The Balaban J connectivity index is 1.57. The molecule has 0 bridgehead atoms. The molecule has 0 unspecified atom stereocenters. The fourth-order valence-electron chi connectivity index (χ4n) is 2.77. The molecule has 32 heavy (non-hydrogen) atoms. The minimum atomic E-state index is -0.497. The average Bonchev–Trinajstić information content (AvgIpc) is 2.79. The Morgan fingerprint density at radius 3 is 2.53 bits per heavy atom. The predicted molar refractivity (Wildman–Crippen MR) is 132 cm³/mol. The number of hydrogen-bond acceptors (Lipinski definition) is 5. The van der Waals surface area contributed by atoms with E-state index in [1.165, 1.54) is 13.2 Å². The zero-order valence-electron chi connectivity index (χ0n) is 17.7. The van der Waals surface area contributed by atoms with Gasteiger partial charge < -0.3 is 14.8 Å². The summed E-state index contributed by atoms with van der Waals surface area (Å²) in [5.41, 5.74) is 6.43. The van der Waals surface area contributed by atoms with Gasteiger partial charge in [-0.15, -0.1) is 0 Å². The molecular weight excluding hydrogens is 422 g/mol. The second-order valence-corrected chi connectivity index (χ2v) is 7.18. The highest BCUT2D eigenvalue weighted by atomic mass is 32.1. The van der Waals surface area contributed by atoms with Crippen molar-refractivity contribution in [1.29, 1.82) is 0 Å². The van der Waals surface area contributed by atoms with Gasteiger partial charge in [-0.05, 0) is 72.2 Å². The standard InChI is InChI=1S/C25H23N3O3S/c1-18-7-6-10-21(15-18)27-25(32)28-26-17-20-11-13-22(23(16-20)30-2)31-24(29)14-12-19-8-4-3-5-9-19/h3-17H,1-2H3,(H2,27,28,32). The van der Waals surface area contributed by atoms with E-state index in [2.05, 4.69) is 15.8 Å². The number of nitrogens with one attached hydrogen (secondary N) is 2. The molecule has 0 aliphatic rings. The van der Waals surface area contributed by atoms with Gasteiger partial charge in [0.05, 0.1) is 13.3 Å². The van der Waals surface area contributed by atoms with Gasteiger partial charge in [0.1, 0.15) is 0 Å². The zero-order chi connectivity index (χ0) is 22.8. The summed E-state index contributed by atoms with van der Waals surface area (Å²) in [7, 11) is 1.51. The zero-order valence-corrected chi connectivity index (χ0v) is 18.6. The largest absolute Gasteiger partial charge is 0.493 e. The first-order valence-corrected chi connectivity index (χ1v) is 10.2. The van der Waals surface area contributed by atoms with Crippen LogP contribution in [0.1, 0.15) is 16.7 Å². The predicted octanol–water partition coefficient (Wildman–Crippen LogP) is 4.94. The number of carbonyl (C=O) groups excluding carboxylic acids is 1. The van der Waals surface area contributed by atoms with Crippen LogP contribution >= 0.6 is 12.2 Å². The summed E-state index contributed by atoms with van der Waals surface area (Å²) in [4.78, 5) is 12.1. The third-order valence-electron chi connectivity index (χ3n) is 4.27. The molecule has 0 aromatic heterocycles. The van der Waals surface area contributed by atoms with Crippen molar-refractivity contribution in [1.82, 2.24) is 5.43 Å². The summed E-state index contributed by atoms with van der Waals surface area (Å²) in [5, 5.41) is 7.57. The van der Waals surface area contributed by atoms with Gasteiger partial charge in [-0.2, -0.15) is 5.10 Å². The van der Waals surface area contributed by atoms with Gasteiger partial charge in [-0.1, -0.05) is 42.5 Å². The van der Waals surface area contributed by atoms with Crippen LogP contribution in [0.5, 0.6) is 11.5 Å². The van der Waals surface area contributed by atoms with Gasteiger partial charge in [-0.3, -0.25) is 5.43 Å². The highest BCUT2D eigenvalue weighted by Gasteiger charge is 2.08. The van der Waals surface area contributed by atoms with Crippen molar-refractivity contribution in [2.45, 2.75) is 6.92 Å². The molecule has 0 saturated carbocycles. The second-order valence-electron chi connectivity index (χ2n) is 6.77. The van der Waals surface area contributed by atoms with Gasteiger partial charge in [0.15, 0.2) is 16.6 Å². The van der Waals surface area contributed by atoms with Gasteiger partial charge in [-0.25, -0.2) is 4.79 Å². The third kappa shape index (κ3) is 7.07. The lowest BCUT2D eigenvalue weighted by Crippen LogP contribution is -2.23. The molecule has 2 N–H and O–H groups in total. The summed E-state index contributed by atoms with van der Waals surface area (Å²) in [6, 6.07) is 22.5. The van der Waals surface area contributed by atoms with Crippen molar-refractivity contribution in [2.75, 3.05) is 12.4 Å². The molecule has 0 radical (unpaired) electrons. The Bertz CT molecular complexity index is 1140. The Morgan fingerprint density at radius 1 is 0.969 bits per heavy atom. The molecule has 0 saturated heterocycles. The van der Waals surface area contributed by atoms with Crippen LogP contribution in [0.15, 0.2) is 84.0 Å². The number of rotatable bonds is 7. The maximum Gasteiger partial charge on any atom is 0.336 e. The molecule has 162 valence electrons. The van der Waals surface area contributed by atoms with Crippen molar-refractivity contribution >= 4 is 41.3 Å². The highest BCUT2D eigenvalue weighted by molar-refractivity contribution is 7.80. The third-order valence-corrected chi connectivity index (χ3v) is 4.46. The first-order chi connectivity index (χ1) is 15.5. The first kappa shape index (κ1) is 22.7. The van der Waals surface area contributed by atoms with Crippen LogP contribution in [0.4, 0.5) is 5.69 Å².